The molecule has 5 nitrogen and oxygen atoms in total. The van der Waals surface area contributed by atoms with Crippen molar-refractivity contribution in [1.82, 2.24) is 9.13 Å². The molecule has 0 spiro atoms. The normalized spacial score (nSPS) is 12.0. The van der Waals surface area contributed by atoms with Gasteiger partial charge in [0, 0.05) is 53.1 Å². The molecule has 0 saturated carbocycles. The summed E-state index contributed by atoms with van der Waals surface area (Å²) in [4.78, 5) is 7.47. The van der Waals surface area contributed by atoms with Crippen LogP contribution in [-0.2, 0) is 0 Å². The fourth-order valence-electron chi connectivity index (χ4n) is 7.98. The van der Waals surface area contributed by atoms with Gasteiger partial charge in [-0.1, -0.05) is 54.6 Å². The third kappa shape index (κ3) is 3.58. The largest absolute Gasteiger partial charge is 0.456 e. The maximum atomic E-state index is 7.73. The van der Waals surface area contributed by atoms with E-state index in [9.17, 15) is 0 Å². The summed E-state index contributed by atoms with van der Waals surface area (Å²) in [7, 11) is 0. The van der Waals surface area contributed by atoms with Gasteiger partial charge in [0.15, 0.2) is 11.4 Å². The highest BCUT2D eigenvalue weighted by molar-refractivity contribution is 7.26. The van der Waals surface area contributed by atoms with Crippen molar-refractivity contribution in [3.05, 3.63) is 156 Å². The van der Waals surface area contributed by atoms with E-state index in [1.165, 1.54) is 20.2 Å². The third-order valence-corrected chi connectivity index (χ3v) is 11.3. The van der Waals surface area contributed by atoms with E-state index < -0.39 is 0 Å². The summed E-state index contributed by atoms with van der Waals surface area (Å²) in [5, 5.41) is 8.92. The van der Waals surface area contributed by atoms with Gasteiger partial charge in [-0.05, 0) is 89.6 Å². The number of thiophene rings is 1. The van der Waals surface area contributed by atoms with Crippen LogP contribution in [0.1, 0.15) is 0 Å². The Morgan fingerprint density at radius 2 is 1.06 bits per heavy atom. The Hall–Kier alpha value is -6.86. The van der Waals surface area contributed by atoms with Crippen molar-refractivity contribution in [3.63, 3.8) is 0 Å². The van der Waals surface area contributed by atoms with E-state index in [1.807, 2.05) is 35.6 Å². The van der Waals surface area contributed by atoms with Gasteiger partial charge < -0.3 is 13.6 Å². The van der Waals surface area contributed by atoms with Gasteiger partial charge in [-0.2, -0.15) is 0 Å². The summed E-state index contributed by atoms with van der Waals surface area (Å²) in [5.41, 5.74) is 9.34. The standard InChI is InChI=1S/C44H22N4OS/c1-45-25-11-16-37-32(21-25)29-7-3-5-9-36(29)47(37)27-13-18-39-34(23-27)35-24-28(14-19-40(35)49-39)48-38-17-12-26(46-2)22-33(38)30-15-20-42-43(44(30)48)31-8-4-6-10-41(31)50-42/h3-24H. The molecule has 230 valence electrons. The maximum absolute atomic E-state index is 7.73. The van der Waals surface area contributed by atoms with E-state index in [0.717, 1.165) is 76.9 Å². The maximum Gasteiger partial charge on any atom is 0.188 e. The first kappa shape index (κ1) is 27.1. The molecule has 0 aliphatic carbocycles. The average Bonchev–Trinajstić information content (AvgIpc) is 3.91. The number of fused-ring (bicyclic) bond motifs is 13. The van der Waals surface area contributed by atoms with Crippen LogP contribution in [0.25, 0.3) is 107 Å². The first-order valence-electron chi connectivity index (χ1n) is 16.3. The Balaban J connectivity index is 1.21. The van der Waals surface area contributed by atoms with Gasteiger partial charge in [-0.3, -0.25) is 0 Å². The summed E-state index contributed by atoms with van der Waals surface area (Å²) < 4.78 is 13.6. The van der Waals surface area contributed by atoms with Crippen LogP contribution in [-0.4, -0.2) is 9.13 Å². The zero-order chi connectivity index (χ0) is 33.1. The average molecular weight is 655 g/mol. The Morgan fingerprint density at radius 1 is 0.460 bits per heavy atom. The molecule has 0 saturated heterocycles. The number of hydrogen-bond donors (Lipinski definition) is 0. The number of furan rings is 1. The molecule has 0 fully saturated rings. The zero-order valence-corrected chi connectivity index (χ0v) is 27.1. The molecule has 11 aromatic rings. The lowest BCUT2D eigenvalue weighted by molar-refractivity contribution is 0.669. The van der Waals surface area contributed by atoms with E-state index in [0.29, 0.717) is 11.4 Å². The van der Waals surface area contributed by atoms with E-state index in [4.69, 9.17) is 17.6 Å². The molecular formula is C44H22N4OS. The number of nitrogens with zero attached hydrogens (tertiary/aromatic N) is 4. The smallest absolute Gasteiger partial charge is 0.188 e. The van der Waals surface area contributed by atoms with Gasteiger partial charge in [0.05, 0.1) is 35.2 Å². The highest BCUT2D eigenvalue weighted by atomic mass is 32.1. The van der Waals surface area contributed by atoms with Crippen molar-refractivity contribution in [3.8, 4) is 11.4 Å². The second-order valence-electron chi connectivity index (χ2n) is 12.7. The Kier molecular flexibility index (Phi) is 5.34. The van der Waals surface area contributed by atoms with Crippen molar-refractivity contribution in [2.24, 2.45) is 0 Å². The van der Waals surface area contributed by atoms with Crippen molar-refractivity contribution in [2.75, 3.05) is 0 Å². The summed E-state index contributed by atoms with van der Waals surface area (Å²) in [5.74, 6) is 0. The number of para-hydroxylation sites is 1. The van der Waals surface area contributed by atoms with Crippen LogP contribution in [0.4, 0.5) is 11.4 Å². The summed E-state index contributed by atoms with van der Waals surface area (Å²) >= 11 is 1.81. The third-order valence-electron chi connectivity index (χ3n) is 10.1. The summed E-state index contributed by atoms with van der Waals surface area (Å²) in [6.07, 6.45) is 0. The molecular weight excluding hydrogens is 633 g/mol. The highest BCUT2D eigenvalue weighted by Gasteiger charge is 2.20. The topological polar surface area (TPSA) is 31.7 Å². The predicted molar refractivity (Wildman–Crippen MR) is 208 cm³/mol. The van der Waals surface area contributed by atoms with Crippen LogP contribution in [0.15, 0.2) is 138 Å². The van der Waals surface area contributed by atoms with Gasteiger partial charge in [0.2, 0.25) is 0 Å². The van der Waals surface area contributed by atoms with Crippen molar-refractivity contribution in [1.29, 1.82) is 0 Å². The minimum atomic E-state index is 0.631. The van der Waals surface area contributed by atoms with Crippen LogP contribution < -0.4 is 0 Å². The van der Waals surface area contributed by atoms with Crippen LogP contribution in [0, 0.1) is 13.1 Å². The lowest BCUT2D eigenvalue weighted by Gasteiger charge is -2.10. The van der Waals surface area contributed by atoms with Gasteiger partial charge in [0.25, 0.3) is 0 Å². The first-order chi connectivity index (χ1) is 24.7. The predicted octanol–water partition coefficient (Wildman–Crippen LogP) is 13.2. The number of aromatic nitrogens is 2. The quantitative estimate of drug-likeness (QED) is 0.171. The molecule has 6 heteroatoms. The van der Waals surface area contributed by atoms with Crippen LogP contribution in [0.3, 0.4) is 0 Å². The van der Waals surface area contributed by atoms with Crippen LogP contribution in [0.2, 0.25) is 0 Å². The molecule has 7 aromatic carbocycles. The van der Waals surface area contributed by atoms with E-state index in [1.54, 1.807) is 0 Å². The van der Waals surface area contributed by atoms with Crippen molar-refractivity contribution in [2.45, 2.75) is 0 Å². The molecule has 11 rings (SSSR count). The van der Waals surface area contributed by atoms with Gasteiger partial charge >= 0.3 is 0 Å². The molecule has 0 radical (unpaired) electrons. The minimum absolute atomic E-state index is 0.631. The SMILES string of the molecule is [C-]#[N+]c1ccc2c(c1)c1ccccc1n2-c1ccc2oc3ccc(-n4c5ccc([N+]#[C-])cc5c5ccc6sc7ccccc7c6c54)cc3c2c1. The van der Waals surface area contributed by atoms with Gasteiger partial charge in [-0.25, -0.2) is 9.69 Å². The molecule has 4 heterocycles. The monoisotopic (exact) mass is 654 g/mol. The molecule has 0 aliphatic rings. The fraction of sp³-hybridized carbons (Fsp3) is 0. The van der Waals surface area contributed by atoms with Gasteiger partial charge in [0.1, 0.15) is 11.2 Å². The molecule has 4 aromatic heterocycles. The second kappa shape index (κ2) is 9.84. The van der Waals surface area contributed by atoms with Gasteiger partial charge in [-0.15, -0.1) is 11.3 Å². The zero-order valence-electron chi connectivity index (χ0n) is 26.3. The van der Waals surface area contributed by atoms with E-state index >= 15 is 0 Å². The Bertz CT molecular complexity index is 3360. The number of hydrogen-bond acceptors (Lipinski definition) is 2. The number of rotatable bonds is 2. The lowest BCUT2D eigenvalue weighted by Crippen LogP contribution is -1.94. The van der Waals surface area contributed by atoms with Crippen LogP contribution in [0.5, 0.6) is 0 Å². The highest BCUT2D eigenvalue weighted by Crippen LogP contribution is 2.44. The molecule has 0 bridgehead atoms. The minimum Gasteiger partial charge on any atom is -0.456 e. The summed E-state index contributed by atoms with van der Waals surface area (Å²) in [6.45, 7) is 15.3. The first-order valence-corrected chi connectivity index (χ1v) is 17.1. The molecule has 0 amide bonds. The molecule has 0 N–H and O–H groups in total. The van der Waals surface area contributed by atoms with Crippen molar-refractivity contribution >= 4 is 108 Å². The van der Waals surface area contributed by atoms with Crippen molar-refractivity contribution < 1.29 is 4.42 Å². The Labute approximate surface area is 288 Å². The fourth-order valence-corrected chi connectivity index (χ4v) is 9.09. The molecule has 0 atom stereocenters. The lowest BCUT2D eigenvalue weighted by atomic mass is 10.1. The van der Waals surface area contributed by atoms with E-state index in [-0.39, 0.29) is 0 Å². The number of benzene rings is 7. The molecule has 0 unspecified atom stereocenters. The Morgan fingerprint density at radius 3 is 1.78 bits per heavy atom. The van der Waals surface area contributed by atoms with E-state index in [2.05, 4.69) is 128 Å². The summed E-state index contributed by atoms with van der Waals surface area (Å²) in [6, 6.07) is 46.2. The second-order valence-corrected chi connectivity index (χ2v) is 13.8. The molecule has 0 aliphatic heterocycles. The van der Waals surface area contributed by atoms with Crippen LogP contribution >= 0.6 is 11.3 Å². The molecule has 50 heavy (non-hydrogen) atoms.